The Morgan fingerprint density at radius 2 is 2.36 bits per heavy atom. The van der Waals surface area contributed by atoms with Gasteiger partial charge in [0.25, 0.3) is 5.91 Å². The van der Waals surface area contributed by atoms with E-state index >= 15 is 0 Å². The molecule has 2 N–H and O–H groups in total. The number of hydrogen-bond donors (Lipinski definition) is 2. The van der Waals surface area contributed by atoms with Crippen LogP contribution in [-0.2, 0) is 0 Å². The van der Waals surface area contributed by atoms with Crippen molar-refractivity contribution in [3.05, 3.63) is 16.6 Å². The maximum Gasteiger partial charge on any atom is 0.270 e. The van der Waals surface area contributed by atoms with E-state index in [4.69, 9.17) is 0 Å². The first-order valence-electron chi connectivity index (χ1n) is 4.71. The van der Waals surface area contributed by atoms with Crippen LogP contribution in [0, 0.1) is 0 Å². The van der Waals surface area contributed by atoms with Crippen LogP contribution in [0.5, 0.6) is 0 Å². The number of aromatic nitrogens is 1. The summed E-state index contributed by atoms with van der Waals surface area (Å²) in [5, 5.41) is 7.73. The molecular weight excluding hydrogens is 198 g/mol. The molecule has 0 unspecified atom stereocenters. The molecule has 1 amide bonds. The number of nitrogens with zero attached hydrogens (tertiary/aromatic N) is 1. The predicted octanol–water partition coefficient (Wildman–Crippen LogP) is 0.872. The summed E-state index contributed by atoms with van der Waals surface area (Å²) in [4.78, 5) is 15.3. The number of carbonyl (C=O) groups excluding carboxylic acids is 1. The first-order valence-corrected chi connectivity index (χ1v) is 5.66. The van der Waals surface area contributed by atoms with Crippen LogP contribution in [0.3, 0.4) is 0 Å². The zero-order chi connectivity index (χ0) is 10.2. The second-order valence-corrected chi connectivity index (χ2v) is 3.60. The van der Waals surface area contributed by atoms with Crippen molar-refractivity contribution in [2.24, 2.45) is 0 Å². The Hall–Kier alpha value is -0.940. The van der Waals surface area contributed by atoms with E-state index in [1.165, 1.54) is 11.3 Å². The van der Waals surface area contributed by atoms with Crippen molar-refractivity contribution in [3.8, 4) is 0 Å². The van der Waals surface area contributed by atoms with Crippen LogP contribution in [0.15, 0.2) is 10.9 Å². The molecule has 4 nitrogen and oxygen atoms in total. The third kappa shape index (κ3) is 3.85. The summed E-state index contributed by atoms with van der Waals surface area (Å²) in [7, 11) is 0. The van der Waals surface area contributed by atoms with Crippen LogP contribution < -0.4 is 10.6 Å². The average Bonchev–Trinajstić information content (AvgIpc) is 2.70. The second-order valence-electron chi connectivity index (χ2n) is 2.88. The largest absolute Gasteiger partial charge is 0.349 e. The molecule has 1 aromatic rings. The molecule has 0 radical (unpaired) electrons. The molecule has 0 bridgehead atoms. The highest BCUT2D eigenvalue weighted by Gasteiger charge is 2.05. The van der Waals surface area contributed by atoms with Crippen molar-refractivity contribution >= 4 is 17.2 Å². The van der Waals surface area contributed by atoms with Crippen LogP contribution in [0.25, 0.3) is 0 Å². The summed E-state index contributed by atoms with van der Waals surface area (Å²) in [6.07, 6.45) is 1.11. The fourth-order valence-electron chi connectivity index (χ4n) is 0.981. The molecule has 0 saturated heterocycles. The number of hydrogen-bond acceptors (Lipinski definition) is 4. The Morgan fingerprint density at radius 1 is 1.50 bits per heavy atom. The third-order valence-electron chi connectivity index (χ3n) is 1.68. The lowest BCUT2D eigenvalue weighted by atomic mass is 10.4. The van der Waals surface area contributed by atoms with Gasteiger partial charge in [0.15, 0.2) is 0 Å². The van der Waals surface area contributed by atoms with Crippen LogP contribution in [0.2, 0.25) is 0 Å². The highest BCUT2D eigenvalue weighted by atomic mass is 32.1. The fourth-order valence-corrected chi connectivity index (χ4v) is 1.51. The smallest absolute Gasteiger partial charge is 0.270 e. The van der Waals surface area contributed by atoms with Gasteiger partial charge in [-0.2, -0.15) is 0 Å². The second kappa shape index (κ2) is 6.50. The number of amides is 1. The number of carbonyl (C=O) groups is 1. The molecule has 78 valence electrons. The SMILES string of the molecule is CCCNCCNC(=O)c1cscn1. The van der Waals surface area contributed by atoms with Crippen molar-refractivity contribution in [1.82, 2.24) is 15.6 Å². The van der Waals surface area contributed by atoms with E-state index in [0.29, 0.717) is 12.2 Å². The maximum atomic E-state index is 11.3. The summed E-state index contributed by atoms with van der Waals surface area (Å²) in [5.74, 6) is -0.0930. The number of thiazole rings is 1. The molecule has 1 rings (SSSR count). The van der Waals surface area contributed by atoms with Gasteiger partial charge in [0.1, 0.15) is 5.69 Å². The normalized spacial score (nSPS) is 10.1. The van der Waals surface area contributed by atoms with Crippen LogP contribution in [-0.4, -0.2) is 30.5 Å². The minimum absolute atomic E-state index is 0.0930. The van der Waals surface area contributed by atoms with Crippen molar-refractivity contribution in [3.63, 3.8) is 0 Å². The Labute approximate surface area is 87.7 Å². The van der Waals surface area contributed by atoms with Gasteiger partial charge in [0, 0.05) is 18.5 Å². The van der Waals surface area contributed by atoms with Crippen LogP contribution in [0.1, 0.15) is 23.8 Å². The zero-order valence-corrected chi connectivity index (χ0v) is 9.06. The van der Waals surface area contributed by atoms with Crippen molar-refractivity contribution in [2.45, 2.75) is 13.3 Å². The first kappa shape index (κ1) is 11.1. The van der Waals surface area contributed by atoms with Gasteiger partial charge in [-0.25, -0.2) is 4.98 Å². The van der Waals surface area contributed by atoms with Crippen molar-refractivity contribution in [1.29, 1.82) is 0 Å². The minimum atomic E-state index is -0.0930. The van der Waals surface area contributed by atoms with Gasteiger partial charge >= 0.3 is 0 Å². The number of nitrogens with one attached hydrogen (secondary N) is 2. The summed E-state index contributed by atoms with van der Waals surface area (Å²) >= 11 is 1.43. The molecule has 0 aliphatic heterocycles. The van der Waals surface area contributed by atoms with E-state index in [1.807, 2.05) is 0 Å². The number of rotatable bonds is 6. The molecule has 0 aromatic carbocycles. The summed E-state index contributed by atoms with van der Waals surface area (Å²) in [5.41, 5.74) is 2.16. The molecular formula is C9H15N3OS. The maximum absolute atomic E-state index is 11.3. The molecule has 0 saturated carbocycles. The van der Waals surface area contributed by atoms with Crippen LogP contribution in [0.4, 0.5) is 0 Å². The predicted molar refractivity (Wildman–Crippen MR) is 57.6 cm³/mol. The molecule has 0 aliphatic carbocycles. The lowest BCUT2D eigenvalue weighted by Gasteiger charge is -2.03. The highest BCUT2D eigenvalue weighted by Crippen LogP contribution is 1.99. The van der Waals surface area contributed by atoms with E-state index < -0.39 is 0 Å². The molecule has 0 aliphatic rings. The van der Waals surface area contributed by atoms with Gasteiger partial charge in [0.05, 0.1) is 5.51 Å². The lowest BCUT2D eigenvalue weighted by molar-refractivity contribution is 0.0949. The highest BCUT2D eigenvalue weighted by molar-refractivity contribution is 7.07. The zero-order valence-electron chi connectivity index (χ0n) is 8.25. The van der Waals surface area contributed by atoms with Gasteiger partial charge in [0.2, 0.25) is 0 Å². The Balaban J connectivity index is 2.10. The summed E-state index contributed by atoms with van der Waals surface area (Å²) in [6.45, 7) is 4.56. The van der Waals surface area contributed by atoms with Crippen molar-refractivity contribution < 1.29 is 4.79 Å². The Kier molecular flexibility index (Phi) is 5.17. The standard InChI is InChI=1S/C9H15N3OS/c1-2-3-10-4-5-11-9(13)8-6-14-7-12-8/h6-7,10H,2-5H2,1H3,(H,11,13). The van der Waals surface area contributed by atoms with E-state index in [-0.39, 0.29) is 5.91 Å². The molecule has 0 atom stereocenters. The van der Waals surface area contributed by atoms with E-state index in [9.17, 15) is 4.79 Å². The Morgan fingerprint density at radius 3 is 3.00 bits per heavy atom. The quantitative estimate of drug-likeness (QED) is 0.689. The summed E-state index contributed by atoms with van der Waals surface area (Å²) in [6, 6.07) is 0. The van der Waals surface area contributed by atoms with Gasteiger partial charge < -0.3 is 10.6 Å². The van der Waals surface area contributed by atoms with Gasteiger partial charge in [-0.1, -0.05) is 6.92 Å². The summed E-state index contributed by atoms with van der Waals surface area (Å²) < 4.78 is 0. The minimum Gasteiger partial charge on any atom is -0.349 e. The van der Waals surface area contributed by atoms with Gasteiger partial charge in [-0.05, 0) is 13.0 Å². The first-order chi connectivity index (χ1) is 6.84. The van der Waals surface area contributed by atoms with Crippen molar-refractivity contribution in [2.75, 3.05) is 19.6 Å². The molecule has 1 heterocycles. The van der Waals surface area contributed by atoms with Gasteiger partial charge in [-0.15, -0.1) is 11.3 Å². The molecule has 0 spiro atoms. The van der Waals surface area contributed by atoms with Gasteiger partial charge in [-0.3, -0.25) is 4.79 Å². The van der Waals surface area contributed by atoms with E-state index in [1.54, 1.807) is 10.9 Å². The topological polar surface area (TPSA) is 54.0 Å². The monoisotopic (exact) mass is 213 g/mol. The average molecular weight is 213 g/mol. The lowest BCUT2D eigenvalue weighted by Crippen LogP contribution is -2.32. The fraction of sp³-hybridized carbons (Fsp3) is 0.556. The third-order valence-corrected chi connectivity index (χ3v) is 2.27. The van der Waals surface area contributed by atoms with E-state index in [0.717, 1.165) is 19.5 Å². The molecule has 14 heavy (non-hydrogen) atoms. The molecule has 5 heteroatoms. The van der Waals surface area contributed by atoms with Crippen LogP contribution >= 0.6 is 11.3 Å². The van der Waals surface area contributed by atoms with E-state index in [2.05, 4.69) is 22.5 Å². The molecule has 1 aromatic heterocycles. The molecule has 0 fully saturated rings. The Bertz CT molecular complexity index is 261.